The summed E-state index contributed by atoms with van der Waals surface area (Å²) in [4.78, 5) is 17.1. The fourth-order valence-electron chi connectivity index (χ4n) is 3.36. The van der Waals surface area contributed by atoms with Crippen LogP contribution >= 0.6 is 11.6 Å². The third-order valence-corrected chi connectivity index (χ3v) is 4.98. The van der Waals surface area contributed by atoms with Gasteiger partial charge in [0.1, 0.15) is 19.0 Å². The lowest BCUT2D eigenvalue weighted by Gasteiger charge is -2.28. The Labute approximate surface area is 156 Å². The van der Waals surface area contributed by atoms with Gasteiger partial charge in [-0.25, -0.2) is 9.48 Å². The molecule has 2 atom stereocenters. The van der Waals surface area contributed by atoms with Gasteiger partial charge in [-0.3, -0.25) is 0 Å². The van der Waals surface area contributed by atoms with Crippen molar-refractivity contribution in [3.8, 4) is 0 Å². The summed E-state index contributed by atoms with van der Waals surface area (Å²) < 4.78 is 12.7. The second-order valence-corrected chi connectivity index (χ2v) is 6.76. The molecule has 1 aromatic heterocycles. The zero-order chi connectivity index (χ0) is 18.1. The van der Waals surface area contributed by atoms with Crippen molar-refractivity contribution < 1.29 is 14.3 Å². The maximum atomic E-state index is 12.9. The van der Waals surface area contributed by atoms with Crippen LogP contribution in [0.1, 0.15) is 31.4 Å². The first-order valence-corrected chi connectivity index (χ1v) is 8.93. The molecular weight excluding hydrogens is 356 g/mol. The Hall–Kier alpha value is -2.38. The number of rotatable bonds is 4. The van der Waals surface area contributed by atoms with Gasteiger partial charge in [0.15, 0.2) is 0 Å². The lowest BCUT2D eigenvalue weighted by molar-refractivity contribution is -0.142. The van der Waals surface area contributed by atoms with E-state index in [4.69, 9.17) is 21.1 Å². The number of anilines is 1. The lowest BCUT2D eigenvalue weighted by Crippen LogP contribution is -2.31. The summed E-state index contributed by atoms with van der Waals surface area (Å²) in [7, 11) is 0. The number of ether oxygens (including phenoxy) is 2. The van der Waals surface area contributed by atoms with E-state index in [1.54, 1.807) is 10.7 Å². The number of hydrogen-bond donors (Lipinski definition) is 1. The van der Waals surface area contributed by atoms with E-state index in [2.05, 4.69) is 15.4 Å². The molecule has 1 N–H and O–H groups in total. The molecule has 2 aromatic rings. The summed E-state index contributed by atoms with van der Waals surface area (Å²) in [6, 6.07) is 6.90. The van der Waals surface area contributed by atoms with Crippen LogP contribution in [0.15, 0.2) is 41.9 Å². The number of aromatic nitrogens is 3. The van der Waals surface area contributed by atoms with Crippen molar-refractivity contribution in [3.05, 3.63) is 52.4 Å². The van der Waals surface area contributed by atoms with Crippen LogP contribution < -0.4 is 5.32 Å². The minimum absolute atomic E-state index is 0.0305. The number of benzene rings is 1. The van der Waals surface area contributed by atoms with Crippen molar-refractivity contribution in [2.45, 2.75) is 31.9 Å². The zero-order valence-corrected chi connectivity index (χ0v) is 15.1. The first kappa shape index (κ1) is 17.1. The SMILES string of the molecule is CC1=C(C(=O)OC[C@H]2CCCO2)[C@@H](c2ccccc2Cl)n2ncnc2N1. The van der Waals surface area contributed by atoms with Gasteiger partial charge in [0.05, 0.1) is 11.7 Å². The molecule has 1 fully saturated rings. The quantitative estimate of drug-likeness (QED) is 0.829. The second kappa shape index (κ2) is 7.09. The number of carbonyl (C=O) groups is 1. The summed E-state index contributed by atoms with van der Waals surface area (Å²) in [5.41, 5.74) is 1.91. The first-order chi connectivity index (χ1) is 12.6. The fraction of sp³-hybridized carbons (Fsp3) is 0.389. The van der Waals surface area contributed by atoms with Crippen LogP contribution in [0, 0.1) is 0 Å². The Morgan fingerprint density at radius 3 is 3.08 bits per heavy atom. The highest BCUT2D eigenvalue weighted by molar-refractivity contribution is 6.31. The highest BCUT2D eigenvalue weighted by atomic mass is 35.5. The number of allylic oxidation sites excluding steroid dienone is 1. The highest BCUT2D eigenvalue weighted by Crippen LogP contribution is 2.38. The van der Waals surface area contributed by atoms with E-state index in [0.29, 0.717) is 22.2 Å². The summed E-state index contributed by atoms with van der Waals surface area (Å²) >= 11 is 6.41. The predicted octanol–water partition coefficient (Wildman–Crippen LogP) is 2.94. The molecule has 0 unspecified atom stereocenters. The smallest absolute Gasteiger partial charge is 0.338 e. The lowest BCUT2D eigenvalue weighted by atomic mass is 9.96. The third-order valence-electron chi connectivity index (χ3n) is 4.64. The maximum absolute atomic E-state index is 12.9. The Bertz CT molecular complexity index is 858. The van der Waals surface area contributed by atoms with Gasteiger partial charge in [-0.15, -0.1) is 0 Å². The minimum Gasteiger partial charge on any atom is -0.459 e. The standard InChI is InChI=1S/C18H19ClN4O3/c1-11-15(17(24)26-9-12-5-4-8-25-12)16(13-6-2-3-7-14(13)19)23-18(22-11)20-10-21-23/h2-3,6-7,10,12,16H,4-5,8-9H2,1H3,(H,20,21,22)/t12-,16-/m1/s1. The van der Waals surface area contributed by atoms with E-state index >= 15 is 0 Å². The number of fused-ring (bicyclic) bond motifs is 1. The molecule has 1 saturated heterocycles. The summed E-state index contributed by atoms with van der Waals surface area (Å²) in [6.07, 6.45) is 3.32. The molecular formula is C18H19ClN4O3. The average molecular weight is 375 g/mol. The van der Waals surface area contributed by atoms with Crippen molar-refractivity contribution in [2.75, 3.05) is 18.5 Å². The molecule has 8 heteroatoms. The molecule has 0 spiro atoms. The number of esters is 1. The van der Waals surface area contributed by atoms with E-state index in [0.717, 1.165) is 25.0 Å². The van der Waals surface area contributed by atoms with Gasteiger partial charge in [-0.05, 0) is 25.8 Å². The highest BCUT2D eigenvalue weighted by Gasteiger charge is 2.35. The van der Waals surface area contributed by atoms with Crippen molar-refractivity contribution in [2.24, 2.45) is 0 Å². The largest absolute Gasteiger partial charge is 0.459 e. The summed E-state index contributed by atoms with van der Waals surface area (Å²) in [5, 5.41) is 7.94. The van der Waals surface area contributed by atoms with Crippen LogP contribution in [0.2, 0.25) is 5.02 Å². The molecule has 0 saturated carbocycles. The minimum atomic E-state index is -0.501. The molecule has 0 bridgehead atoms. The van der Waals surface area contributed by atoms with Crippen LogP contribution in [0.3, 0.4) is 0 Å². The molecule has 2 aliphatic heterocycles. The second-order valence-electron chi connectivity index (χ2n) is 6.35. The normalized spacial score (nSPS) is 22.1. The Balaban J connectivity index is 1.68. The van der Waals surface area contributed by atoms with Crippen LogP contribution in [-0.2, 0) is 14.3 Å². The fourth-order valence-corrected chi connectivity index (χ4v) is 3.60. The van der Waals surface area contributed by atoms with Crippen molar-refractivity contribution >= 4 is 23.5 Å². The summed E-state index contributed by atoms with van der Waals surface area (Å²) in [6.45, 7) is 2.79. The third kappa shape index (κ3) is 3.08. The average Bonchev–Trinajstić information content (AvgIpc) is 3.30. The zero-order valence-electron chi connectivity index (χ0n) is 14.3. The number of hydrogen-bond acceptors (Lipinski definition) is 6. The Kier molecular flexibility index (Phi) is 4.65. The van der Waals surface area contributed by atoms with E-state index in [1.807, 2.05) is 25.1 Å². The van der Waals surface area contributed by atoms with Gasteiger partial charge in [-0.1, -0.05) is 29.8 Å². The Morgan fingerprint density at radius 2 is 2.31 bits per heavy atom. The number of halogens is 1. The topological polar surface area (TPSA) is 78.3 Å². The molecule has 3 heterocycles. The van der Waals surface area contributed by atoms with Crippen molar-refractivity contribution in [1.29, 1.82) is 0 Å². The number of nitrogens with one attached hydrogen (secondary N) is 1. The number of carbonyl (C=O) groups excluding carboxylic acids is 1. The molecule has 136 valence electrons. The van der Waals surface area contributed by atoms with E-state index in [-0.39, 0.29) is 12.7 Å². The molecule has 0 aliphatic carbocycles. The molecule has 4 rings (SSSR count). The van der Waals surface area contributed by atoms with E-state index < -0.39 is 12.0 Å². The summed E-state index contributed by atoms with van der Waals surface area (Å²) in [5.74, 6) is 0.152. The van der Waals surface area contributed by atoms with E-state index in [1.165, 1.54) is 6.33 Å². The molecule has 0 radical (unpaired) electrons. The Morgan fingerprint density at radius 1 is 1.46 bits per heavy atom. The van der Waals surface area contributed by atoms with Gasteiger partial charge < -0.3 is 14.8 Å². The van der Waals surface area contributed by atoms with Gasteiger partial charge in [-0.2, -0.15) is 10.1 Å². The first-order valence-electron chi connectivity index (χ1n) is 8.55. The van der Waals surface area contributed by atoms with Gasteiger partial charge >= 0.3 is 5.97 Å². The van der Waals surface area contributed by atoms with Gasteiger partial charge in [0, 0.05) is 22.9 Å². The van der Waals surface area contributed by atoms with Gasteiger partial charge in [0.25, 0.3) is 0 Å². The monoisotopic (exact) mass is 374 g/mol. The van der Waals surface area contributed by atoms with E-state index in [9.17, 15) is 4.79 Å². The molecule has 1 aromatic carbocycles. The molecule has 2 aliphatic rings. The van der Waals surface area contributed by atoms with Crippen LogP contribution in [-0.4, -0.2) is 40.1 Å². The predicted molar refractivity (Wildman–Crippen MR) is 95.9 cm³/mol. The molecule has 7 nitrogen and oxygen atoms in total. The maximum Gasteiger partial charge on any atom is 0.338 e. The van der Waals surface area contributed by atoms with Crippen LogP contribution in [0.5, 0.6) is 0 Å². The number of nitrogens with zero attached hydrogens (tertiary/aromatic N) is 3. The van der Waals surface area contributed by atoms with Crippen LogP contribution in [0.25, 0.3) is 0 Å². The molecule has 0 amide bonds. The molecule has 26 heavy (non-hydrogen) atoms. The van der Waals surface area contributed by atoms with Crippen molar-refractivity contribution in [1.82, 2.24) is 14.8 Å². The van der Waals surface area contributed by atoms with Crippen molar-refractivity contribution in [3.63, 3.8) is 0 Å². The van der Waals surface area contributed by atoms with Gasteiger partial charge in [0.2, 0.25) is 5.95 Å². The van der Waals surface area contributed by atoms with Crippen LogP contribution in [0.4, 0.5) is 5.95 Å².